The predicted molar refractivity (Wildman–Crippen MR) is 91.5 cm³/mol. The van der Waals surface area contributed by atoms with Crippen molar-refractivity contribution in [2.75, 3.05) is 17.2 Å². The van der Waals surface area contributed by atoms with Gasteiger partial charge in [-0.15, -0.1) is 11.3 Å². The Kier molecular flexibility index (Phi) is 6.26. The number of anilines is 2. The molecule has 0 bridgehead atoms. The van der Waals surface area contributed by atoms with Gasteiger partial charge >= 0.3 is 0 Å². The highest BCUT2D eigenvalue weighted by atomic mass is 35.5. The largest absolute Gasteiger partial charge is 0.370 e. The van der Waals surface area contributed by atoms with E-state index in [1.807, 2.05) is 18.2 Å². The summed E-state index contributed by atoms with van der Waals surface area (Å²) in [7, 11) is 0. The van der Waals surface area contributed by atoms with E-state index in [9.17, 15) is 0 Å². The van der Waals surface area contributed by atoms with Crippen molar-refractivity contribution < 1.29 is 0 Å². The SMILES string of the molecule is CCCNc1cc(NCc2ccc(Cl)s2)nc(CCC)n1. The van der Waals surface area contributed by atoms with Crippen molar-refractivity contribution in [1.82, 2.24) is 9.97 Å². The second kappa shape index (κ2) is 8.20. The predicted octanol–water partition coefficient (Wildman–Crippen LogP) is 4.58. The molecule has 2 aromatic rings. The maximum Gasteiger partial charge on any atom is 0.133 e. The molecule has 0 aliphatic heterocycles. The highest BCUT2D eigenvalue weighted by Gasteiger charge is 2.05. The zero-order valence-corrected chi connectivity index (χ0v) is 14.0. The first-order chi connectivity index (χ1) is 10.2. The Labute approximate surface area is 135 Å². The minimum absolute atomic E-state index is 0.729. The van der Waals surface area contributed by atoms with Crippen LogP contribution in [-0.2, 0) is 13.0 Å². The Morgan fingerprint density at radius 1 is 1.10 bits per heavy atom. The average Bonchev–Trinajstić information content (AvgIpc) is 2.89. The van der Waals surface area contributed by atoms with Crippen LogP contribution in [0.15, 0.2) is 18.2 Å². The molecule has 0 saturated heterocycles. The molecule has 0 atom stereocenters. The lowest BCUT2D eigenvalue weighted by Crippen LogP contribution is -2.08. The molecular weight excluding hydrogens is 304 g/mol. The molecule has 114 valence electrons. The van der Waals surface area contributed by atoms with E-state index in [1.165, 1.54) is 4.88 Å². The molecule has 0 unspecified atom stereocenters. The molecule has 0 aliphatic carbocycles. The fourth-order valence-corrected chi connectivity index (χ4v) is 2.92. The average molecular weight is 325 g/mol. The third kappa shape index (κ3) is 5.17. The van der Waals surface area contributed by atoms with Gasteiger partial charge in [-0.2, -0.15) is 0 Å². The molecular formula is C15H21ClN4S. The summed E-state index contributed by atoms with van der Waals surface area (Å²) in [5, 5.41) is 6.68. The molecule has 0 aliphatic rings. The first-order valence-electron chi connectivity index (χ1n) is 7.31. The van der Waals surface area contributed by atoms with Gasteiger partial charge in [0.25, 0.3) is 0 Å². The van der Waals surface area contributed by atoms with Crippen molar-refractivity contribution in [3.8, 4) is 0 Å². The van der Waals surface area contributed by atoms with Gasteiger partial charge in [-0.25, -0.2) is 9.97 Å². The van der Waals surface area contributed by atoms with E-state index in [0.29, 0.717) is 0 Å². The minimum atomic E-state index is 0.729. The lowest BCUT2D eigenvalue weighted by atomic mass is 10.3. The summed E-state index contributed by atoms with van der Waals surface area (Å²) in [6, 6.07) is 5.91. The van der Waals surface area contributed by atoms with Crippen LogP contribution in [0.25, 0.3) is 0 Å². The number of aromatic nitrogens is 2. The molecule has 21 heavy (non-hydrogen) atoms. The van der Waals surface area contributed by atoms with Crippen LogP contribution in [0, 0.1) is 0 Å². The van der Waals surface area contributed by atoms with E-state index in [0.717, 1.165) is 54.1 Å². The molecule has 2 rings (SSSR count). The van der Waals surface area contributed by atoms with Gasteiger partial charge in [0.1, 0.15) is 17.5 Å². The molecule has 0 saturated carbocycles. The van der Waals surface area contributed by atoms with E-state index in [4.69, 9.17) is 11.6 Å². The summed E-state index contributed by atoms with van der Waals surface area (Å²) in [5.41, 5.74) is 0. The molecule has 2 aromatic heterocycles. The summed E-state index contributed by atoms with van der Waals surface area (Å²) in [6.45, 7) is 5.92. The maximum atomic E-state index is 5.95. The number of aryl methyl sites for hydroxylation is 1. The van der Waals surface area contributed by atoms with Gasteiger partial charge in [0, 0.05) is 23.9 Å². The van der Waals surface area contributed by atoms with Crippen LogP contribution >= 0.6 is 22.9 Å². The van der Waals surface area contributed by atoms with Gasteiger partial charge in [-0.05, 0) is 25.0 Å². The van der Waals surface area contributed by atoms with Crippen LogP contribution in [0.1, 0.15) is 37.4 Å². The number of nitrogens with zero attached hydrogens (tertiary/aromatic N) is 2. The van der Waals surface area contributed by atoms with Crippen molar-refractivity contribution in [1.29, 1.82) is 0 Å². The van der Waals surface area contributed by atoms with Crippen molar-refractivity contribution in [2.24, 2.45) is 0 Å². The van der Waals surface area contributed by atoms with Gasteiger partial charge in [0.15, 0.2) is 0 Å². The molecule has 0 radical (unpaired) electrons. The second-order valence-electron chi connectivity index (χ2n) is 4.79. The lowest BCUT2D eigenvalue weighted by Gasteiger charge is -2.10. The molecule has 0 amide bonds. The molecule has 0 fully saturated rings. The molecule has 2 heterocycles. The second-order valence-corrected chi connectivity index (χ2v) is 6.59. The molecule has 0 aromatic carbocycles. The molecule has 4 nitrogen and oxygen atoms in total. The molecule has 0 spiro atoms. The Hall–Kier alpha value is -1.33. The highest BCUT2D eigenvalue weighted by molar-refractivity contribution is 7.16. The monoisotopic (exact) mass is 324 g/mol. The van der Waals surface area contributed by atoms with Gasteiger partial charge < -0.3 is 10.6 Å². The van der Waals surface area contributed by atoms with E-state index < -0.39 is 0 Å². The first kappa shape index (κ1) is 16.0. The number of thiophene rings is 1. The lowest BCUT2D eigenvalue weighted by molar-refractivity contribution is 0.831. The van der Waals surface area contributed by atoms with Gasteiger partial charge in [-0.1, -0.05) is 25.4 Å². The fourth-order valence-electron chi connectivity index (χ4n) is 1.89. The summed E-state index contributed by atoms with van der Waals surface area (Å²) < 4.78 is 0.812. The summed E-state index contributed by atoms with van der Waals surface area (Å²) in [6.07, 6.45) is 3.00. The first-order valence-corrected chi connectivity index (χ1v) is 8.50. The standard InChI is InChI=1S/C15H21ClN4S/c1-3-5-13-19-14(17-8-4-2)9-15(20-13)18-10-11-6-7-12(16)21-11/h6-7,9H,3-5,8,10H2,1-2H3,(H2,17,18,19,20). The number of hydrogen-bond acceptors (Lipinski definition) is 5. The Balaban J connectivity index is 2.07. The molecule has 6 heteroatoms. The van der Waals surface area contributed by atoms with Crippen LogP contribution in [-0.4, -0.2) is 16.5 Å². The third-order valence-electron chi connectivity index (χ3n) is 2.87. The van der Waals surface area contributed by atoms with Crippen molar-refractivity contribution in [3.05, 3.63) is 33.2 Å². The quantitative estimate of drug-likeness (QED) is 0.746. The van der Waals surface area contributed by atoms with Crippen molar-refractivity contribution in [2.45, 2.75) is 39.7 Å². The highest BCUT2D eigenvalue weighted by Crippen LogP contribution is 2.22. The topological polar surface area (TPSA) is 49.8 Å². The zero-order valence-electron chi connectivity index (χ0n) is 12.4. The van der Waals surface area contributed by atoms with E-state index in [1.54, 1.807) is 11.3 Å². The van der Waals surface area contributed by atoms with E-state index >= 15 is 0 Å². The normalized spacial score (nSPS) is 10.6. The number of hydrogen-bond donors (Lipinski definition) is 2. The van der Waals surface area contributed by atoms with Crippen molar-refractivity contribution >= 4 is 34.6 Å². The summed E-state index contributed by atoms with van der Waals surface area (Å²) >= 11 is 7.53. The smallest absolute Gasteiger partial charge is 0.133 e. The van der Waals surface area contributed by atoms with Gasteiger partial charge in [0.05, 0.1) is 10.9 Å². The maximum absolute atomic E-state index is 5.95. The minimum Gasteiger partial charge on any atom is -0.370 e. The molecule has 2 N–H and O–H groups in total. The fraction of sp³-hybridized carbons (Fsp3) is 0.467. The van der Waals surface area contributed by atoms with Gasteiger partial charge in [-0.3, -0.25) is 0 Å². The van der Waals surface area contributed by atoms with Crippen LogP contribution in [0.2, 0.25) is 4.34 Å². The van der Waals surface area contributed by atoms with Crippen molar-refractivity contribution in [3.63, 3.8) is 0 Å². The van der Waals surface area contributed by atoms with Crippen LogP contribution in [0.3, 0.4) is 0 Å². The Morgan fingerprint density at radius 2 is 1.86 bits per heavy atom. The van der Waals surface area contributed by atoms with E-state index in [-0.39, 0.29) is 0 Å². The van der Waals surface area contributed by atoms with Crippen LogP contribution in [0.5, 0.6) is 0 Å². The number of rotatable bonds is 8. The van der Waals surface area contributed by atoms with Crippen LogP contribution in [0.4, 0.5) is 11.6 Å². The van der Waals surface area contributed by atoms with E-state index in [2.05, 4.69) is 34.4 Å². The van der Waals surface area contributed by atoms with Gasteiger partial charge in [0.2, 0.25) is 0 Å². The Bertz CT molecular complexity index is 571. The number of halogens is 1. The zero-order chi connectivity index (χ0) is 15.1. The Morgan fingerprint density at radius 3 is 2.48 bits per heavy atom. The summed E-state index contributed by atoms with van der Waals surface area (Å²) in [5.74, 6) is 2.63. The number of nitrogens with one attached hydrogen (secondary N) is 2. The summed E-state index contributed by atoms with van der Waals surface area (Å²) in [4.78, 5) is 10.3. The third-order valence-corrected chi connectivity index (χ3v) is 4.11. The van der Waals surface area contributed by atoms with Crippen LogP contribution < -0.4 is 10.6 Å².